The van der Waals surface area contributed by atoms with Gasteiger partial charge in [0.2, 0.25) is 5.95 Å². The number of benzene rings is 1. The Balaban J connectivity index is 1.48. The highest BCUT2D eigenvalue weighted by atomic mass is 35.5. The van der Waals surface area contributed by atoms with Crippen LogP contribution in [0.4, 0.5) is 5.95 Å². The number of nitrogen functional groups attached to an aromatic ring is 1. The number of nitrogens with two attached hydrogens (primary N) is 1. The van der Waals surface area contributed by atoms with Gasteiger partial charge in [-0.3, -0.25) is 9.88 Å². The highest BCUT2D eigenvalue weighted by Crippen LogP contribution is 2.32. The Bertz CT molecular complexity index is 943. The maximum atomic E-state index is 6.28. The second-order valence-corrected chi connectivity index (χ2v) is 7.10. The van der Waals surface area contributed by atoms with Crippen LogP contribution in [0.3, 0.4) is 0 Å². The zero-order chi connectivity index (χ0) is 18.1. The molecule has 0 amide bonds. The van der Waals surface area contributed by atoms with Gasteiger partial charge < -0.3 is 5.73 Å². The van der Waals surface area contributed by atoms with Crippen molar-refractivity contribution in [2.45, 2.75) is 19.5 Å². The lowest BCUT2D eigenvalue weighted by Crippen LogP contribution is -2.31. The van der Waals surface area contributed by atoms with Gasteiger partial charge in [0, 0.05) is 49.6 Å². The second kappa shape index (κ2) is 7.19. The monoisotopic (exact) mass is 385 g/mol. The van der Waals surface area contributed by atoms with Crippen LogP contribution in [0.1, 0.15) is 16.8 Å². The van der Waals surface area contributed by atoms with Gasteiger partial charge >= 0.3 is 0 Å². The highest BCUT2D eigenvalue weighted by molar-refractivity contribution is 6.43. The lowest BCUT2D eigenvalue weighted by molar-refractivity contribution is 0.243. The zero-order valence-electron chi connectivity index (χ0n) is 14.0. The molecule has 2 N–H and O–H groups in total. The summed E-state index contributed by atoms with van der Waals surface area (Å²) in [5.41, 5.74) is 10.7. The van der Waals surface area contributed by atoms with Gasteiger partial charge in [-0.15, -0.1) is 0 Å². The van der Waals surface area contributed by atoms with E-state index in [9.17, 15) is 0 Å². The predicted octanol–water partition coefficient (Wildman–Crippen LogP) is 3.99. The maximum Gasteiger partial charge on any atom is 0.220 e. The fraction of sp³-hybridized carbons (Fsp3) is 0.211. The molecule has 1 aliphatic heterocycles. The number of hydrogen-bond acceptors (Lipinski definition) is 5. The van der Waals surface area contributed by atoms with Crippen molar-refractivity contribution in [1.82, 2.24) is 19.9 Å². The maximum absolute atomic E-state index is 6.28. The number of rotatable bonds is 3. The Morgan fingerprint density at radius 2 is 1.96 bits per heavy atom. The summed E-state index contributed by atoms with van der Waals surface area (Å²) in [4.78, 5) is 15.3. The van der Waals surface area contributed by atoms with Crippen LogP contribution in [0, 0.1) is 0 Å². The van der Waals surface area contributed by atoms with Crippen molar-refractivity contribution < 1.29 is 0 Å². The average molecular weight is 386 g/mol. The van der Waals surface area contributed by atoms with Crippen LogP contribution in [0.5, 0.6) is 0 Å². The van der Waals surface area contributed by atoms with Crippen LogP contribution in [-0.4, -0.2) is 26.4 Å². The molecule has 7 heteroatoms. The molecule has 0 fully saturated rings. The number of fused-ring (bicyclic) bond motifs is 1. The lowest BCUT2D eigenvalue weighted by atomic mass is 10.1. The van der Waals surface area contributed by atoms with E-state index in [2.05, 4.69) is 25.9 Å². The number of nitrogens with zero attached hydrogens (tertiary/aromatic N) is 4. The van der Waals surface area contributed by atoms with E-state index in [0.29, 0.717) is 16.0 Å². The van der Waals surface area contributed by atoms with E-state index in [1.165, 1.54) is 0 Å². The fourth-order valence-electron chi connectivity index (χ4n) is 3.16. The Morgan fingerprint density at radius 3 is 2.77 bits per heavy atom. The molecule has 0 spiro atoms. The Labute approximate surface area is 161 Å². The van der Waals surface area contributed by atoms with Gasteiger partial charge in [0.1, 0.15) is 0 Å². The van der Waals surface area contributed by atoms with Crippen molar-refractivity contribution in [3.05, 3.63) is 69.6 Å². The van der Waals surface area contributed by atoms with E-state index >= 15 is 0 Å². The molecule has 4 rings (SSSR count). The Hall–Kier alpha value is -2.21. The lowest BCUT2D eigenvalue weighted by Gasteiger charge is -2.27. The molecule has 0 saturated carbocycles. The predicted molar refractivity (Wildman–Crippen MR) is 104 cm³/mol. The van der Waals surface area contributed by atoms with Crippen LogP contribution < -0.4 is 5.73 Å². The van der Waals surface area contributed by atoms with E-state index in [-0.39, 0.29) is 0 Å². The number of anilines is 1. The molecule has 0 saturated heterocycles. The van der Waals surface area contributed by atoms with Gasteiger partial charge in [0.05, 0.1) is 21.4 Å². The van der Waals surface area contributed by atoms with Crippen molar-refractivity contribution >= 4 is 29.2 Å². The van der Waals surface area contributed by atoms with Gasteiger partial charge in [-0.25, -0.2) is 9.97 Å². The topological polar surface area (TPSA) is 67.9 Å². The summed E-state index contributed by atoms with van der Waals surface area (Å²) >= 11 is 12.4. The van der Waals surface area contributed by atoms with Crippen molar-refractivity contribution in [3.63, 3.8) is 0 Å². The summed E-state index contributed by atoms with van der Waals surface area (Å²) in [7, 11) is 0. The summed E-state index contributed by atoms with van der Waals surface area (Å²) < 4.78 is 0. The van der Waals surface area contributed by atoms with E-state index in [0.717, 1.165) is 54.1 Å². The summed E-state index contributed by atoms with van der Waals surface area (Å²) in [6.45, 7) is 2.57. The van der Waals surface area contributed by atoms with Gasteiger partial charge in [0.25, 0.3) is 0 Å². The molecule has 5 nitrogen and oxygen atoms in total. The first-order chi connectivity index (χ1) is 12.6. The molecule has 0 atom stereocenters. The first kappa shape index (κ1) is 17.2. The number of aromatic nitrogens is 3. The summed E-state index contributed by atoms with van der Waals surface area (Å²) in [6.07, 6.45) is 4.60. The molecule has 0 aliphatic carbocycles. The molecule has 1 aromatic carbocycles. The van der Waals surface area contributed by atoms with Crippen molar-refractivity contribution in [2.75, 3.05) is 12.3 Å². The van der Waals surface area contributed by atoms with E-state index in [4.69, 9.17) is 28.9 Å². The van der Waals surface area contributed by atoms with Crippen molar-refractivity contribution in [1.29, 1.82) is 0 Å². The Morgan fingerprint density at radius 1 is 1.08 bits per heavy atom. The molecule has 3 heterocycles. The van der Waals surface area contributed by atoms with E-state index in [1.807, 2.05) is 30.6 Å². The third kappa shape index (κ3) is 3.51. The van der Waals surface area contributed by atoms with Crippen LogP contribution in [0.2, 0.25) is 10.0 Å². The molecular weight excluding hydrogens is 369 g/mol. The zero-order valence-corrected chi connectivity index (χ0v) is 15.5. The van der Waals surface area contributed by atoms with Crippen LogP contribution in [-0.2, 0) is 19.5 Å². The molecule has 0 bridgehead atoms. The number of hydrogen-bond donors (Lipinski definition) is 1. The van der Waals surface area contributed by atoms with Gasteiger partial charge in [-0.05, 0) is 17.7 Å². The van der Waals surface area contributed by atoms with Gasteiger partial charge in [-0.1, -0.05) is 41.4 Å². The van der Waals surface area contributed by atoms with Crippen LogP contribution in [0.15, 0.2) is 42.7 Å². The molecule has 0 radical (unpaired) electrons. The third-order valence-corrected chi connectivity index (χ3v) is 5.31. The fourth-order valence-corrected chi connectivity index (χ4v) is 3.56. The first-order valence-corrected chi connectivity index (χ1v) is 9.07. The SMILES string of the molecule is Nc1ncc2c(n1)CCN(Cc1ccc(-c3cccc(Cl)c3Cl)nc1)C2. The number of pyridine rings is 1. The summed E-state index contributed by atoms with van der Waals surface area (Å²) in [6, 6.07) is 9.62. The minimum atomic E-state index is 0.344. The standard InChI is InChI=1S/C19H17Cl2N5/c20-15-3-1-2-14(18(15)21)17-5-4-12(8-23-17)10-26-7-6-16-13(11-26)9-24-19(22)25-16/h1-5,8-9H,6-7,10-11H2,(H2,22,24,25). The van der Waals surface area contributed by atoms with Crippen LogP contribution in [0.25, 0.3) is 11.3 Å². The van der Waals surface area contributed by atoms with Crippen LogP contribution >= 0.6 is 23.2 Å². The Kier molecular flexibility index (Phi) is 4.76. The molecule has 3 aromatic rings. The smallest absolute Gasteiger partial charge is 0.220 e. The van der Waals surface area contributed by atoms with Gasteiger partial charge in [-0.2, -0.15) is 0 Å². The summed E-state index contributed by atoms with van der Waals surface area (Å²) in [5, 5.41) is 1.06. The molecule has 132 valence electrons. The minimum Gasteiger partial charge on any atom is -0.368 e. The highest BCUT2D eigenvalue weighted by Gasteiger charge is 2.18. The normalized spacial score (nSPS) is 14.2. The summed E-state index contributed by atoms with van der Waals surface area (Å²) in [5.74, 6) is 0.344. The number of halogens is 2. The average Bonchev–Trinajstić information content (AvgIpc) is 2.65. The minimum absolute atomic E-state index is 0.344. The first-order valence-electron chi connectivity index (χ1n) is 8.32. The second-order valence-electron chi connectivity index (χ2n) is 6.31. The third-order valence-electron chi connectivity index (χ3n) is 4.49. The van der Waals surface area contributed by atoms with Crippen molar-refractivity contribution in [3.8, 4) is 11.3 Å². The molecular formula is C19H17Cl2N5. The van der Waals surface area contributed by atoms with Gasteiger partial charge in [0.15, 0.2) is 0 Å². The molecule has 26 heavy (non-hydrogen) atoms. The van der Waals surface area contributed by atoms with Crippen molar-refractivity contribution in [2.24, 2.45) is 0 Å². The molecule has 2 aromatic heterocycles. The molecule has 1 aliphatic rings. The largest absolute Gasteiger partial charge is 0.368 e. The van der Waals surface area contributed by atoms with E-state index in [1.54, 1.807) is 6.07 Å². The molecule has 0 unspecified atom stereocenters. The van der Waals surface area contributed by atoms with E-state index < -0.39 is 0 Å². The quantitative estimate of drug-likeness (QED) is 0.737.